The molecule has 0 radical (unpaired) electrons. The molecule has 6 N–H and O–H groups in total. The zero-order valence-corrected chi connectivity index (χ0v) is 7.93. The fourth-order valence-electron chi connectivity index (χ4n) is 0.548. The van der Waals surface area contributed by atoms with Crippen LogP contribution in [0, 0.1) is 0 Å². The molecule has 1 atom stereocenters. The van der Waals surface area contributed by atoms with Gasteiger partial charge in [0.15, 0.2) is 0 Å². The highest BCUT2D eigenvalue weighted by molar-refractivity contribution is 5.83. The van der Waals surface area contributed by atoms with Crippen molar-refractivity contribution in [2.45, 2.75) is 6.04 Å². The summed E-state index contributed by atoms with van der Waals surface area (Å²) in [5.74, 6) is -2.54. The van der Waals surface area contributed by atoms with E-state index >= 15 is 0 Å². The number of rotatable bonds is 6. The van der Waals surface area contributed by atoms with Crippen molar-refractivity contribution in [3.63, 3.8) is 0 Å². The molecule has 15 heavy (non-hydrogen) atoms. The Hall–Kier alpha value is -1.67. The summed E-state index contributed by atoms with van der Waals surface area (Å²) in [7, 11) is 0. The number of carboxylic acid groups (broad SMARTS) is 1. The standard InChI is InChI=1S/C7H13N3O5/c8-1-5(11)10-2-6(12)15-3-4(9)7(13)14/h4H,1-3,8-9H2,(H,10,11)(H,13,14). The van der Waals surface area contributed by atoms with Gasteiger partial charge >= 0.3 is 11.9 Å². The van der Waals surface area contributed by atoms with E-state index in [0.29, 0.717) is 0 Å². The Balaban J connectivity index is 3.66. The van der Waals surface area contributed by atoms with Gasteiger partial charge in [-0.1, -0.05) is 0 Å². The average molecular weight is 219 g/mol. The van der Waals surface area contributed by atoms with Crippen molar-refractivity contribution < 1.29 is 24.2 Å². The number of hydrogen-bond donors (Lipinski definition) is 4. The smallest absolute Gasteiger partial charge is 0.325 e. The van der Waals surface area contributed by atoms with Crippen molar-refractivity contribution in [1.82, 2.24) is 5.32 Å². The lowest BCUT2D eigenvalue weighted by molar-refractivity contribution is -0.148. The molecule has 0 spiro atoms. The largest absolute Gasteiger partial charge is 0.480 e. The minimum Gasteiger partial charge on any atom is -0.480 e. The normalized spacial score (nSPS) is 11.6. The summed E-state index contributed by atoms with van der Waals surface area (Å²) in [5, 5.41) is 10.5. The molecule has 1 amide bonds. The lowest BCUT2D eigenvalue weighted by Crippen LogP contribution is -2.39. The molecule has 0 aromatic rings. The quantitative estimate of drug-likeness (QED) is 0.348. The molecule has 8 heteroatoms. The fourth-order valence-corrected chi connectivity index (χ4v) is 0.548. The van der Waals surface area contributed by atoms with Crippen LogP contribution in [0.25, 0.3) is 0 Å². The summed E-state index contributed by atoms with van der Waals surface area (Å²) < 4.78 is 4.46. The van der Waals surface area contributed by atoms with Crippen molar-refractivity contribution in [2.75, 3.05) is 19.7 Å². The number of aliphatic carboxylic acids is 1. The summed E-state index contributed by atoms with van der Waals surface area (Å²) in [4.78, 5) is 31.7. The van der Waals surface area contributed by atoms with Gasteiger partial charge in [-0.25, -0.2) is 0 Å². The van der Waals surface area contributed by atoms with E-state index in [1.54, 1.807) is 0 Å². The van der Waals surface area contributed by atoms with Crippen LogP contribution < -0.4 is 16.8 Å². The molecule has 0 aliphatic carbocycles. The fraction of sp³-hybridized carbons (Fsp3) is 0.571. The van der Waals surface area contributed by atoms with Gasteiger partial charge in [-0.2, -0.15) is 0 Å². The Morgan fingerprint density at radius 2 is 2.00 bits per heavy atom. The summed E-state index contributed by atoms with van der Waals surface area (Å²) in [6.45, 7) is -1.03. The van der Waals surface area contributed by atoms with Crippen LogP contribution in [0.15, 0.2) is 0 Å². The summed E-state index contributed by atoms with van der Waals surface area (Å²) in [5.41, 5.74) is 10.0. The Morgan fingerprint density at radius 3 is 2.47 bits per heavy atom. The van der Waals surface area contributed by atoms with Crippen LogP contribution in [-0.2, 0) is 19.1 Å². The number of esters is 1. The Labute approximate surface area is 85.6 Å². The zero-order chi connectivity index (χ0) is 11.8. The summed E-state index contributed by atoms with van der Waals surface area (Å²) in [6, 6.07) is -1.26. The van der Waals surface area contributed by atoms with Gasteiger partial charge in [0.1, 0.15) is 19.2 Å². The van der Waals surface area contributed by atoms with E-state index in [9.17, 15) is 14.4 Å². The van der Waals surface area contributed by atoms with Crippen LogP contribution >= 0.6 is 0 Å². The first-order valence-corrected chi connectivity index (χ1v) is 4.08. The van der Waals surface area contributed by atoms with Crippen molar-refractivity contribution in [3.8, 4) is 0 Å². The van der Waals surface area contributed by atoms with Gasteiger partial charge in [0.2, 0.25) is 5.91 Å². The first-order valence-electron chi connectivity index (χ1n) is 4.08. The number of carboxylic acids is 1. The van der Waals surface area contributed by atoms with Gasteiger partial charge in [-0.15, -0.1) is 0 Å². The molecule has 1 unspecified atom stereocenters. The van der Waals surface area contributed by atoms with Gasteiger partial charge in [0.25, 0.3) is 0 Å². The van der Waals surface area contributed by atoms with Crippen molar-refractivity contribution in [3.05, 3.63) is 0 Å². The number of nitrogens with one attached hydrogen (secondary N) is 1. The molecule has 0 aromatic carbocycles. The van der Waals surface area contributed by atoms with Crippen LogP contribution in [0.3, 0.4) is 0 Å². The van der Waals surface area contributed by atoms with E-state index in [-0.39, 0.29) is 13.1 Å². The number of ether oxygens (including phenoxy) is 1. The molecule has 0 saturated heterocycles. The maximum absolute atomic E-state index is 10.9. The third kappa shape index (κ3) is 6.41. The second-order valence-electron chi connectivity index (χ2n) is 2.61. The Morgan fingerprint density at radius 1 is 1.40 bits per heavy atom. The molecule has 8 nitrogen and oxygen atoms in total. The molecule has 0 aliphatic rings. The highest BCUT2D eigenvalue weighted by Gasteiger charge is 2.14. The molecule has 0 bridgehead atoms. The van der Waals surface area contributed by atoms with Crippen molar-refractivity contribution in [1.29, 1.82) is 0 Å². The van der Waals surface area contributed by atoms with Gasteiger partial charge < -0.3 is 26.6 Å². The predicted molar refractivity (Wildman–Crippen MR) is 48.6 cm³/mol. The molecule has 86 valence electrons. The molecule has 0 saturated carbocycles. The molecule has 0 fully saturated rings. The van der Waals surface area contributed by atoms with E-state index in [2.05, 4.69) is 10.1 Å². The second kappa shape index (κ2) is 6.74. The van der Waals surface area contributed by atoms with Crippen LogP contribution in [-0.4, -0.2) is 48.7 Å². The van der Waals surface area contributed by atoms with Crippen LogP contribution in [0.5, 0.6) is 0 Å². The number of carbonyl (C=O) groups excluding carboxylic acids is 2. The molecule has 0 aliphatic heterocycles. The second-order valence-corrected chi connectivity index (χ2v) is 2.61. The third-order valence-electron chi connectivity index (χ3n) is 1.36. The van der Waals surface area contributed by atoms with E-state index in [1.165, 1.54) is 0 Å². The van der Waals surface area contributed by atoms with Crippen LogP contribution in [0.1, 0.15) is 0 Å². The molecular weight excluding hydrogens is 206 g/mol. The van der Waals surface area contributed by atoms with Crippen molar-refractivity contribution in [2.24, 2.45) is 11.5 Å². The van der Waals surface area contributed by atoms with Gasteiger partial charge in [-0.3, -0.25) is 14.4 Å². The summed E-state index contributed by atoms with van der Waals surface area (Å²) in [6.07, 6.45) is 0. The lowest BCUT2D eigenvalue weighted by atomic mass is 10.3. The van der Waals surface area contributed by atoms with E-state index in [4.69, 9.17) is 16.6 Å². The minimum absolute atomic E-state index is 0.234. The topological polar surface area (TPSA) is 145 Å². The van der Waals surface area contributed by atoms with E-state index < -0.39 is 30.5 Å². The van der Waals surface area contributed by atoms with Crippen LogP contribution in [0.2, 0.25) is 0 Å². The highest BCUT2D eigenvalue weighted by atomic mass is 16.5. The summed E-state index contributed by atoms with van der Waals surface area (Å²) >= 11 is 0. The number of nitrogens with two attached hydrogens (primary N) is 2. The minimum atomic E-state index is -1.27. The maximum atomic E-state index is 10.9. The van der Waals surface area contributed by atoms with E-state index in [1.807, 2.05) is 0 Å². The van der Waals surface area contributed by atoms with Gasteiger partial charge in [-0.05, 0) is 0 Å². The monoisotopic (exact) mass is 219 g/mol. The van der Waals surface area contributed by atoms with Gasteiger partial charge in [0.05, 0.1) is 6.54 Å². The zero-order valence-electron chi connectivity index (χ0n) is 7.93. The molecule has 0 rings (SSSR count). The first kappa shape index (κ1) is 13.3. The number of amides is 1. The Bertz CT molecular complexity index is 255. The predicted octanol–water partition coefficient (Wildman–Crippen LogP) is -2.98. The average Bonchev–Trinajstić information content (AvgIpc) is 2.21. The Kier molecular flexibility index (Phi) is 5.99. The molecular formula is C7H13N3O5. The molecule has 0 aromatic heterocycles. The first-order chi connectivity index (χ1) is 6.97. The van der Waals surface area contributed by atoms with E-state index in [0.717, 1.165) is 0 Å². The third-order valence-corrected chi connectivity index (χ3v) is 1.36. The number of hydrogen-bond acceptors (Lipinski definition) is 6. The van der Waals surface area contributed by atoms with Gasteiger partial charge in [0, 0.05) is 0 Å². The molecule has 0 heterocycles. The SMILES string of the molecule is NCC(=O)NCC(=O)OCC(N)C(=O)O. The lowest BCUT2D eigenvalue weighted by Gasteiger charge is -2.08. The highest BCUT2D eigenvalue weighted by Crippen LogP contribution is 1.83. The maximum Gasteiger partial charge on any atom is 0.325 e. The number of carbonyl (C=O) groups is 3. The van der Waals surface area contributed by atoms with Crippen molar-refractivity contribution >= 4 is 17.8 Å². The van der Waals surface area contributed by atoms with Crippen LogP contribution in [0.4, 0.5) is 0 Å².